The van der Waals surface area contributed by atoms with Crippen molar-refractivity contribution in [2.45, 2.75) is 38.7 Å². The van der Waals surface area contributed by atoms with E-state index in [1.54, 1.807) is 0 Å². The molecule has 1 aromatic carbocycles. The third-order valence-corrected chi connectivity index (χ3v) is 4.45. The minimum atomic E-state index is -0.214. The number of nitrogens with two attached hydrogens (primary N) is 1. The summed E-state index contributed by atoms with van der Waals surface area (Å²) in [4.78, 5) is 8.47. The van der Waals surface area contributed by atoms with Gasteiger partial charge in [-0.05, 0) is 49.9 Å². The van der Waals surface area contributed by atoms with Gasteiger partial charge in [0, 0.05) is 12.0 Å². The number of aliphatic hydroxyl groups excluding tert-OH is 1. The standard InChI is InChI=1S/C18H24N4O2/c1-11-3-4-15(7-12(11)2)24-6-5-20-17-10-16(21-18(19)22-17)13-8-14(23)9-13/h3-4,7,10,13-14,23H,5-6,8-9H2,1-2H3,(H3,19,20,21,22). The van der Waals surface area contributed by atoms with E-state index in [0.29, 0.717) is 19.0 Å². The Morgan fingerprint density at radius 2 is 2.00 bits per heavy atom. The second kappa shape index (κ2) is 7.05. The Kier molecular flexibility index (Phi) is 4.85. The van der Waals surface area contributed by atoms with Crippen molar-refractivity contribution in [1.29, 1.82) is 0 Å². The summed E-state index contributed by atoms with van der Waals surface area (Å²) in [5.74, 6) is 2.10. The summed E-state index contributed by atoms with van der Waals surface area (Å²) in [5.41, 5.74) is 9.15. The van der Waals surface area contributed by atoms with Crippen LogP contribution in [-0.2, 0) is 0 Å². The summed E-state index contributed by atoms with van der Waals surface area (Å²) in [6.07, 6.45) is 1.27. The number of benzene rings is 1. The lowest BCUT2D eigenvalue weighted by Crippen LogP contribution is -2.27. The third kappa shape index (κ3) is 3.94. The lowest BCUT2D eigenvalue weighted by Gasteiger charge is -2.30. The lowest BCUT2D eigenvalue weighted by molar-refractivity contribution is 0.0732. The van der Waals surface area contributed by atoms with Crippen molar-refractivity contribution in [3.05, 3.63) is 41.1 Å². The highest BCUT2D eigenvalue weighted by atomic mass is 16.5. The van der Waals surface area contributed by atoms with Crippen LogP contribution in [0.5, 0.6) is 5.75 Å². The van der Waals surface area contributed by atoms with Crippen LogP contribution in [0.25, 0.3) is 0 Å². The number of aryl methyl sites for hydroxylation is 2. The van der Waals surface area contributed by atoms with Crippen molar-refractivity contribution < 1.29 is 9.84 Å². The van der Waals surface area contributed by atoms with E-state index in [1.165, 1.54) is 11.1 Å². The van der Waals surface area contributed by atoms with Crippen molar-refractivity contribution in [2.24, 2.45) is 0 Å². The summed E-state index contributed by atoms with van der Waals surface area (Å²) in [6.45, 7) is 5.31. The van der Waals surface area contributed by atoms with Crippen molar-refractivity contribution in [3.63, 3.8) is 0 Å². The Hall–Kier alpha value is -2.34. The van der Waals surface area contributed by atoms with Gasteiger partial charge in [-0.1, -0.05) is 6.07 Å². The maximum absolute atomic E-state index is 9.43. The third-order valence-electron chi connectivity index (χ3n) is 4.45. The molecule has 0 radical (unpaired) electrons. The van der Waals surface area contributed by atoms with E-state index in [2.05, 4.69) is 35.2 Å². The Bertz CT molecular complexity index is 714. The van der Waals surface area contributed by atoms with E-state index < -0.39 is 0 Å². The summed E-state index contributed by atoms with van der Waals surface area (Å²) in [7, 11) is 0. The van der Waals surface area contributed by atoms with Crippen LogP contribution in [-0.4, -0.2) is 34.3 Å². The summed E-state index contributed by atoms with van der Waals surface area (Å²) < 4.78 is 5.75. The van der Waals surface area contributed by atoms with Gasteiger partial charge in [0.2, 0.25) is 5.95 Å². The molecule has 0 amide bonds. The summed E-state index contributed by atoms with van der Waals surface area (Å²) in [6, 6.07) is 7.98. The van der Waals surface area contributed by atoms with Crippen molar-refractivity contribution >= 4 is 11.8 Å². The van der Waals surface area contributed by atoms with Gasteiger partial charge < -0.3 is 20.9 Å². The Morgan fingerprint density at radius 1 is 1.21 bits per heavy atom. The Morgan fingerprint density at radius 3 is 2.71 bits per heavy atom. The second-order valence-corrected chi connectivity index (χ2v) is 6.38. The molecule has 6 nitrogen and oxygen atoms in total. The Labute approximate surface area is 142 Å². The van der Waals surface area contributed by atoms with Gasteiger partial charge in [-0.3, -0.25) is 0 Å². The van der Waals surface area contributed by atoms with E-state index in [-0.39, 0.29) is 18.0 Å². The number of rotatable bonds is 6. The first kappa shape index (κ1) is 16.5. The molecule has 0 saturated heterocycles. The molecule has 128 valence electrons. The van der Waals surface area contributed by atoms with Crippen LogP contribution in [0.2, 0.25) is 0 Å². The highest BCUT2D eigenvalue weighted by Gasteiger charge is 2.30. The van der Waals surface area contributed by atoms with Crippen LogP contribution in [0.1, 0.15) is 35.6 Å². The van der Waals surface area contributed by atoms with E-state index in [0.717, 1.165) is 24.3 Å². The van der Waals surface area contributed by atoms with Gasteiger partial charge in [0.25, 0.3) is 0 Å². The van der Waals surface area contributed by atoms with Crippen LogP contribution < -0.4 is 15.8 Å². The fraction of sp³-hybridized carbons (Fsp3) is 0.444. The predicted octanol–water partition coefficient (Wildman–Crippen LogP) is 2.40. The van der Waals surface area contributed by atoms with E-state index in [1.807, 2.05) is 18.2 Å². The number of nitrogens with one attached hydrogen (secondary N) is 1. The minimum Gasteiger partial charge on any atom is -0.492 e. The molecular formula is C18H24N4O2. The number of anilines is 2. The van der Waals surface area contributed by atoms with Crippen LogP contribution in [0, 0.1) is 13.8 Å². The first-order valence-corrected chi connectivity index (χ1v) is 8.27. The van der Waals surface area contributed by atoms with Crippen LogP contribution in [0.3, 0.4) is 0 Å². The fourth-order valence-corrected chi connectivity index (χ4v) is 2.77. The van der Waals surface area contributed by atoms with Gasteiger partial charge in [-0.15, -0.1) is 0 Å². The molecule has 1 aliphatic rings. The maximum Gasteiger partial charge on any atom is 0.222 e. The van der Waals surface area contributed by atoms with Crippen LogP contribution in [0.4, 0.5) is 11.8 Å². The van der Waals surface area contributed by atoms with E-state index >= 15 is 0 Å². The number of ether oxygens (including phenoxy) is 1. The van der Waals surface area contributed by atoms with Gasteiger partial charge in [0.15, 0.2) is 0 Å². The zero-order valence-corrected chi connectivity index (χ0v) is 14.1. The molecule has 0 bridgehead atoms. The van der Waals surface area contributed by atoms with Crippen molar-refractivity contribution in [3.8, 4) is 5.75 Å². The van der Waals surface area contributed by atoms with Crippen molar-refractivity contribution in [2.75, 3.05) is 24.2 Å². The molecule has 1 aromatic heterocycles. The SMILES string of the molecule is Cc1ccc(OCCNc2cc(C3CC(O)C3)nc(N)n2)cc1C. The molecule has 1 heterocycles. The molecule has 24 heavy (non-hydrogen) atoms. The largest absolute Gasteiger partial charge is 0.492 e. The van der Waals surface area contributed by atoms with E-state index in [9.17, 15) is 5.11 Å². The van der Waals surface area contributed by atoms with Gasteiger partial charge in [-0.25, -0.2) is 4.98 Å². The predicted molar refractivity (Wildman–Crippen MR) is 94.3 cm³/mol. The molecule has 1 fully saturated rings. The fourth-order valence-electron chi connectivity index (χ4n) is 2.77. The molecule has 6 heteroatoms. The molecule has 2 aromatic rings. The maximum atomic E-state index is 9.43. The summed E-state index contributed by atoms with van der Waals surface area (Å²) in [5, 5.41) is 12.6. The van der Waals surface area contributed by atoms with Gasteiger partial charge in [-0.2, -0.15) is 4.98 Å². The number of hydrogen-bond donors (Lipinski definition) is 3. The number of nitrogens with zero attached hydrogens (tertiary/aromatic N) is 2. The first-order chi connectivity index (χ1) is 11.5. The first-order valence-electron chi connectivity index (χ1n) is 8.27. The summed E-state index contributed by atoms with van der Waals surface area (Å²) >= 11 is 0. The molecule has 4 N–H and O–H groups in total. The highest BCUT2D eigenvalue weighted by molar-refractivity contribution is 5.42. The zero-order chi connectivity index (χ0) is 17.1. The lowest BCUT2D eigenvalue weighted by atomic mass is 9.80. The number of nitrogen functional groups attached to an aromatic ring is 1. The average molecular weight is 328 g/mol. The molecule has 0 spiro atoms. The molecule has 3 rings (SSSR count). The topological polar surface area (TPSA) is 93.3 Å². The monoisotopic (exact) mass is 328 g/mol. The molecule has 0 aliphatic heterocycles. The Balaban J connectivity index is 1.52. The number of hydrogen-bond acceptors (Lipinski definition) is 6. The van der Waals surface area contributed by atoms with Crippen molar-refractivity contribution in [1.82, 2.24) is 9.97 Å². The van der Waals surface area contributed by atoms with Crippen LogP contribution in [0.15, 0.2) is 24.3 Å². The quantitative estimate of drug-likeness (QED) is 0.705. The normalized spacial score (nSPS) is 19.6. The molecule has 0 unspecified atom stereocenters. The van der Waals surface area contributed by atoms with E-state index in [4.69, 9.17) is 10.5 Å². The zero-order valence-electron chi connectivity index (χ0n) is 14.1. The highest BCUT2D eigenvalue weighted by Crippen LogP contribution is 2.36. The smallest absolute Gasteiger partial charge is 0.222 e. The average Bonchev–Trinajstić information content (AvgIpc) is 2.51. The second-order valence-electron chi connectivity index (χ2n) is 6.38. The molecular weight excluding hydrogens is 304 g/mol. The number of aliphatic hydroxyl groups is 1. The molecule has 0 atom stereocenters. The minimum absolute atomic E-state index is 0.214. The molecule has 1 saturated carbocycles. The van der Waals surface area contributed by atoms with Gasteiger partial charge in [0.1, 0.15) is 18.2 Å². The number of aromatic nitrogens is 2. The van der Waals surface area contributed by atoms with Gasteiger partial charge >= 0.3 is 0 Å². The van der Waals surface area contributed by atoms with Gasteiger partial charge in [0.05, 0.1) is 18.3 Å². The molecule has 1 aliphatic carbocycles. The van der Waals surface area contributed by atoms with Crippen LogP contribution >= 0.6 is 0 Å².